The Hall–Kier alpha value is -3.67. The molecule has 8 nitrogen and oxygen atoms in total. The highest BCUT2D eigenvalue weighted by molar-refractivity contribution is 5.98. The molecule has 1 aromatic carbocycles. The number of anilines is 1. The van der Waals surface area contributed by atoms with Gasteiger partial charge < -0.3 is 21.1 Å². The smallest absolute Gasteiger partial charge is 0.404 e. The van der Waals surface area contributed by atoms with Crippen LogP contribution in [0.15, 0.2) is 30.3 Å². The highest BCUT2D eigenvalue weighted by Crippen LogP contribution is 2.28. The average Bonchev–Trinajstić information content (AvgIpc) is 2.67. The molecular weight excluding hydrogens is 365 g/mol. The van der Waals surface area contributed by atoms with Crippen molar-refractivity contribution in [1.82, 2.24) is 4.98 Å². The van der Waals surface area contributed by atoms with Crippen LogP contribution in [0, 0.1) is 17.1 Å². The van der Waals surface area contributed by atoms with E-state index in [0.717, 1.165) is 0 Å². The summed E-state index contributed by atoms with van der Waals surface area (Å²) < 4.78 is 19.0. The third kappa shape index (κ3) is 4.01. The van der Waals surface area contributed by atoms with Crippen LogP contribution in [0.5, 0.6) is 0 Å². The predicted octanol–water partition coefficient (Wildman–Crippen LogP) is 1.92. The summed E-state index contributed by atoms with van der Waals surface area (Å²) in [5, 5.41) is 8.86. The van der Waals surface area contributed by atoms with Crippen LogP contribution in [0.2, 0.25) is 0 Å². The van der Waals surface area contributed by atoms with E-state index in [1.54, 1.807) is 24.3 Å². The van der Waals surface area contributed by atoms with Crippen LogP contribution in [0.3, 0.4) is 0 Å². The zero-order valence-electron chi connectivity index (χ0n) is 14.9. The number of rotatable bonds is 4. The van der Waals surface area contributed by atoms with Crippen LogP contribution < -0.4 is 16.4 Å². The van der Waals surface area contributed by atoms with E-state index in [1.807, 2.05) is 4.90 Å². The van der Waals surface area contributed by atoms with Crippen molar-refractivity contribution in [3.05, 3.63) is 47.3 Å². The molecule has 2 heterocycles. The third-order valence-electron chi connectivity index (χ3n) is 4.55. The molecule has 1 fully saturated rings. The minimum absolute atomic E-state index is 0.0609. The first-order chi connectivity index (χ1) is 13.4. The van der Waals surface area contributed by atoms with Crippen molar-refractivity contribution < 1.29 is 18.7 Å². The number of aromatic nitrogens is 1. The average molecular weight is 383 g/mol. The van der Waals surface area contributed by atoms with Crippen molar-refractivity contribution in [3.8, 4) is 17.3 Å². The van der Waals surface area contributed by atoms with Gasteiger partial charge in [-0.05, 0) is 24.3 Å². The van der Waals surface area contributed by atoms with Crippen molar-refractivity contribution in [1.29, 1.82) is 5.26 Å². The van der Waals surface area contributed by atoms with Crippen molar-refractivity contribution >= 4 is 17.8 Å². The van der Waals surface area contributed by atoms with Gasteiger partial charge in [-0.3, -0.25) is 4.79 Å². The quantitative estimate of drug-likeness (QED) is 0.828. The molecule has 1 aliphatic rings. The van der Waals surface area contributed by atoms with Gasteiger partial charge in [0.15, 0.2) is 0 Å². The maximum Gasteiger partial charge on any atom is 0.404 e. The Bertz CT molecular complexity index is 965. The summed E-state index contributed by atoms with van der Waals surface area (Å²) in [4.78, 5) is 29.1. The number of hydrogen-bond donors (Lipinski definition) is 2. The molecule has 1 saturated heterocycles. The van der Waals surface area contributed by atoms with Crippen LogP contribution >= 0.6 is 0 Å². The van der Waals surface area contributed by atoms with Crippen molar-refractivity contribution in [2.75, 3.05) is 18.0 Å². The number of primary amides is 2. The fourth-order valence-corrected chi connectivity index (χ4v) is 3.16. The normalized spacial score (nSPS) is 14.4. The Morgan fingerprint density at radius 3 is 2.50 bits per heavy atom. The maximum atomic E-state index is 14.0. The fourth-order valence-electron chi connectivity index (χ4n) is 3.16. The first-order valence-corrected chi connectivity index (χ1v) is 8.61. The van der Waals surface area contributed by atoms with Gasteiger partial charge in [0.05, 0.1) is 16.8 Å². The molecule has 0 unspecified atom stereocenters. The maximum absolute atomic E-state index is 14.0. The molecule has 2 amide bonds. The molecule has 2 aromatic rings. The molecule has 0 saturated carbocycles. The Balaban J connectivity index is 1.91. The van der Waals surface area contributed by atoms with Gasteiger partial charge in [0, 0.05) is 31.5 Å². The summed E-state index contributed by atoms with van der Waals surface area (Å²) in [7, 11) is 0. The number of nitriles is 1. The molecule has 1 aliphatic heterocycles. The number of carbonyl (C=O) groups is 2. The largest absolute Gasteiger partial charge is 0.446 e. The number of hydrogen-bond acceptors (Lipinski definition) is 6. The number of benzene rings is 1. The second-order valence-electron chi connectivity index (χ2n) is 6.36. The van der Waals surface area contributed by atoms with Gasteiger partial charge in [0.2, 0.25) is 0 Å². The number of nitrogens with two attached hydrogens (primary N) is 2. The van der Waals surface area contributed by atoms with Gasteiger partial charge >= 0.3 is 6.09 Å². The molecule has 3 rings (SSSR count). The van der Waals surface area contributed by atoms with Gasteiger partial charge in [-0.2, -0.15) is 5.26 Å². The molecule has 144 valence electrons. The molecule has 28 heavy (non-hydrogen) atoms. The second-order valence-corrected chi connectivity index (χ2v) is 6.36. The van der Waals surface area contributed by atoms with E-state index in [9.17, 15) is 14.0 Å². The molecule has 0 spiro atoms. The molecule has 0 atom stereocenters. The van der Waals surface area contributed by atoms with Gasteiger partial charge in [-0.25, -0.2) is 14.2 Å². The minimum Gasteiger partial charge on any atom is -0.446 e. The summed E-state index contributed by atoms with van der Waals surface area (Å²) in [5.41, 5.74) is 11.6. The van der Waals surface area contributed by atoms with Crippen LogP contribution in [0.25, 0.3) is 11.3 Å². The molecular formula is C19H18FN5O3. The minimum atomic E-state index is -0.820. The number of ether oxygens (including phenoxy) is 1. The van der Waals surface area contributed by atoms with Gasteiger partial charge in [0.25, 0.3) is 5.91 Å². The highest BCUT2D eigenvalue weighted by Gasteiger charge is 2.25. The first kappa shape index (κ1) is 19.1. The van der Waals surface area contributed by atoms with E-state index in [4.69, 9.17) is 21.5 Å². The third-order valence-corrected chi connectivity index (χ3v) is 4.55. The van der Waals surface area contributed by atoms with Crippen LogP contribution in [0.4, 0.5) is 15.0 Å². The Morgan fingerprint density at radius 1 is 1.21 bits per heavy atom. The number of nitrogens with zero attached hydrogens (tertiary/aromatic N) is 3. The van der Waals surface area contributed by atoms with Crippen LogP contribution in [0.1, 0.15) is 28.8 Å². The lowest BCUT2D eigenvalue weighted by Crippen LogP contribution is -2.40. The summed E-state index contributed by atoms with van der Waals surface area (Å²) in [6, 6.07) is 9.08. The fraction of sp³-hybridized carbons (Fsp3) is 0.263. The standard InChI is InChI=1S/C19H18FN5O3/c20-15-9-11(1-2-12(15)10-21)16-4-3-14(17(22)26)18(24-16)25-7-5-13(6-8-25)28-19(23)27/h1-4,9,13H,5-8H2,(H2,22,26)(H2,23,27). The Labute approximate surface area is 160 Å². The number of carbonyl (C=O) groups excluding carboxylic acids is 2. The van der Waals surface area contributed by atoms with Crippen LogP contribution in [-0.2, 0) is 4.74 Å². The molecule has 1 aromatic heterocycles. The Morgan fingerprint density at radius 2 is 1.93 bits per heavy atom. The van der Waals surface area contributed by atoms with E-state index >= 15 is 0 Å². The van der Waals surface area contributed by atoms with Crippen molar-refractivity contribution in [2.45, 2.75) is 18.9 Å². The Kier molecular flexibility index (Phi) is 5.40. The molecule has 4 N–H and O–H groups in total. The predicted molar refractivity (Wildman–Crippen MR) is 98.8 cm³/mol. The second kappa shape index (κ2) is 7.92. The first-order valence-electron chi connectivity index (χ1n) is 8.61. The lowest BCUT2D eigenvalue weighted by molar-refractivity contribution is 0.0911. The highest BCUT2D eigenvalue weighted by atomic mass is 19.1. The van der Waals surface area contributed by atoms with E-state index in [2.05, 4.69) is 4.98 Å². The monoisotopic (exact) mass is 383 g/mol. The lowest BCUT2D eigenvalue weighted by atomic mass is 10.0. The SMILES string of the molecule is N#Cc1ccc(-c2ccc(C(N)=O)c(N3CCC(OC(N)=O)CC3)n2)cc1F. The van der Waals surface area contributed by atoms with E-state index in [1.165, 1.54) is 12.1 Å². The zero-order chi connectivity index (χ0) is 20.3. The number of amides is 2. The van der Waals surface area contributed by atoms with E-state index in [-0.39, 0.29) is 17.2 Å². The zero-order valence-corrected chi connectivity index (χ0v) is 14.9. The van der Waals surface area contributed by atoms with Gasteiger partial charge in [-0.1, -0.05) is 6.07 Å². The summed E-state index contributed by atoms with van der Waals surface area (Å²) in [6.45, 7) is 0.965. The van der Waals surface area contributed by atoms with E-state index < -0.39 is 17.8 Å². The molecule has 0 aliphatic carbocycles. The van der Waals surface area contributed by atoms with Gasteiger partial charge in [-0.15, -0.1) is 0 Å². The summed E-state index contributed by atoms with van der Waals surface area (Å²) >= 11 is 0. The number of piperidine rings is 1. The van der Waals surface area contributed by atoms with Crippen molar-refractivity contribution in [3.63, 3.8) is 0 Å². The molecule has 0 radical (unpaired) electrons. The van der Waals surface area contributed by atoms with Gasteiger partial charge in [0.1, 0.15) is 23.8 Å². The summed E-state index contributed by atoms with van der Waals surface area (Å²) in [6.07, 6.45) is -0.0577. The lowest BCUT2D eigenvalue weighted by Gasteiger charge is -2.33. The molecule has 0 bridgehead atoms. The number of pyridine rings is 1. The summed E-state index contributed by atoms with van der Waals surface area (Å²) in [5.74, 6) is -0.894. The number of halogens is 1. The van der Waals surface area contributed by atoms with Crippen molar-refractivity contribution in [2.24, 2.45) is 11.5 Å². The van der Waals surface area contributed by atoms with E-state index in [0.29, 0.717) is 43.0 Å². The molecule has 9 heteroatoms. The topological polar surface area (TPSA) is 135 Å². The van der Waals surface area contributed by atoms with Crippen LogP contribution in [-0.4, -0.2) is 36.2 Å².